The number of allylic oxidation sites excluding steroid dienone is 1. The lowest BCUT2D eigenvalue weighted by atomic mass is 9.83. The van der Waals surface area contributed by atoms with Crippen LogP contribution in [0.25, 0.3) is 0 Å². The van der Waals surface area contributed by atoms with Crippen LogP contribution in [0.15, 0.2) is 11.3 Å². The summed E-state index contributed by atoms with van der Waals surface area (Å²) in [6.45, 7) is 2.20. The Morgan fingerprint density at radius 1 is 1.00 bits per heavy atom. The number of carbonyl (C=O) groups excluding carboxylic acids is 3. The third kappa shape index (κ3) is 7.00. The Bertz CT molecular complexity index is 492. The maximum Gasteiger partial charge on any atom is 0.337 e. The van der Waals surface area contributed by atoms with Crippen molar-refractivity contribution in [2.75, 3.05) is 7.11 Å². The van der Waals surface area contributed by atoms with Crippen molar-refractivity contribution < 1.29 is 24.2 Å². The SMILES string of the molecule is CCCCCCCCCCCC(=O)[C@H]1C(=O)CCC(C(=O)OC)=C1O. The number of hydrogen-bond donors (Lipinski definition) is 1. The van der Waals surface area contributed by atoms with Gasteiger partial charge in [0.05, 0.1) is 12.7 Å². The Morgan fingerprint density at radius 2 is 1.56 bits per heavy atom. The average molecular weight is 352 g/mol. The van der Waals surface area contributed by atoms with E-state index in [2.05, 4.69) is 11.7 Å². The lowest BCUT2D eigenvalue weighted by Crippen LogP contribution is -2.32. The zero-order valence-corrected chi connectivity index (χ0v) is 15.6. The molecule has 25 heavy (non-hydrogen) atoms. The van der Waals surface area contributed by atoms with Gasteiger partial charge in [0.25, 0.3) is 0 Å². The number of aliphatic hydroxyl groups is 1. The molecule has 0 saturated carbocycles. The molecule has 0 unspecified atom stereocenters. The van der Waals surface area contributed by atoms with Gasteiger partial charge in [0.1, 0.15) is 11.7 Å². The lowest BCUT2D eigenvalue weighted by molar-refractivity contribution is -0.137. The molecular weight excluding hydrogens is 320 g/mol. The van der Waals surface area contributed by atoms with Crippen LogP contribution in [-0.2, 0) is 19.1 Å². The Kier molecular flexibility index (Phi) is 10.1. The van der Waals surface area contributed by atoms with Crippen LogP contribution in [0.5, 0.6) is 0 Å². The predicted molar refractivity (Wildman–Crippen MR) is 96.3 cm³/mol. The summed E-state index contributed by atoms with van der Waals surface area (Å²) in [6.07, 6.45) is 10.8. The fourth-order valence-electron chi connectivity index (χ4n) is 3.26. The minimum atomic E-state index is -1.17. The largest absolute Gasteiger partial charge is 0.511 e. The van der Waals surface area contributed by atoms with Gasteiger partial charge in [0.15, 0.2) is 11.6 Å². The molecule has 1 atom stereocenters. The molecule has 0 aliphatic heterocycles. The van der Waals surface area contributed by atoms with E-state index in [9.17, 15) is 19.5 Å². The first-order valence-electron chi connectivity index (χ1n) is 9.58. The first kappa shape index (κ1) is 21.4. The molecule has 0 aromatic carbocycles. The highest BCUT2D eigenvalue weighted by Crippen LogP contribution is 2.28. The zero-order chi connectivity index (χ0) is 18.7. The van der Waals surface area contributed by atoms with Crippen LogP contribution in [-0.4, -0.2) is 29.8 Å². The molecule has 0 bridgehead atoms. The standard InChI is InChI=1S/C20H32O5/c1-3-4-5-6-7-8-9-10-11-12-16(21)18-17(22)14-13-15(19(18)23)20(24)25-2/h18,23H,3-14H2,1-2H3/t18-/m0/s1. The van der Waals surface area contributed by atoms with E-state index in [1.807, 2.05) is 0 Å². The average Bonchev–Trinajstić information content (AvgIpc) is 2.59. The quantitative estimate of drug-likeness (QED) is 0.319. The number of unbranched alkanes of at least 4 members (excludes halogenated alkanes) is 8. The van der Waals surface area contributed by atoms with E-state index in [0.717, 1.165) is 19.3 Å². The monoisotopic (exact) mass is 352 g/mol. The summed E-state index contributed by atoms with van der Waals surface area (Å²) >= 11 is 0. The third-order valence-electron chi connectivity index (χ3n) is 4.81. The molecule has 0 saturated heterocycles. The van der Waals surface area contributed by atoms with E-state index in [0.29, 0.717) is 0 Å². The van der Waals surface area contributed by atoms with Crippen molar-refractivity contribution in [2.45, 2.75) is 84.0 Å². The van der Waals surface area contributed by atoms with Crippen LogP contribution in [0.1, 0.15) is 84.0 Å². The molecule has 5 heteroatoms. The van der Waals surface area contributed by atoms with Crippen molar-refractivity contribution in [2.24, 2.45) is 5.92 Å². The van der Waals surface area contributed by atoms with Crippen LogP contribution in [0.4, 0.5) is 0 Å². The van der Waals surface area contributed by atoms with Crippen molar-refractivity contribution in [3.8, 4) is 0 Å². The number of esters is 1. The van der Waals surface area contributed by atoms with Gasteiger partial charge in [-0.05, 0) is 12.8 Å². The molecule has 0 radical (unpaired) electrons. The van der Waals surface area contributed by atoms with Crippen molar-refractivity contribution in [3.63, 3.8) is 0 Å². The molecule has 5 nitrogen and oxygen atoms in total. The number of Topliss-reactive ketones (excluding diaryl/α,β-unsaturated/α-hetero) is 2. The minimum absolute atomic E-state index is 0.0625. The number of methoxy groups -OCH3 is 1. The normalized spacial score (nSPS) is 17.7. The van der Waals surface area contributed by atoms with Crippen molar-refractivity contribution in [1.82, 2.24) is 0 Å². The Hall–Kier alpha value is -1.65. The summed E-state index contributed by atoms with van der Waals surface area (Å²) in [5.41, 5.74) is 0.0625. The number of hydrogen-bond acceptors (Lipinski definition) is 5. The highest BCUT2D eigenvalue weighted by atomic mass is 16.5. The number of ether oxygens (including phenoxy) is 1. The molecule has 0 amide bonds. The molecule has 142 valence electrons. The zero-order valence-electron chi connectivity index (χ0n) is 15.6. The predicted octanol–water partition coefficient (Wildman–Crippen LogP) is 4.44. The van der Waals surface area contributed by atoms with Crippen LogP contribution < -0.4 is 0 Å². The second kappa shape index (κ2) is 11.8. The van der Waals surface area contributed by atoms with Crippen molar-refractivity contribution in [3.05, 3.63) is 11.3 Å². The van der Waals surface area contributed by atoms with E-state index in [1.165, 1.54) is 45.6 Å². The fourth-order valence-corrected chi connectivity index (χ4v) is 3.26. The van der Waals surface area contributed by atoms with Gasteiger partial charge >= 0.3 is 5.97 Å². The highest BCUT2D eigenvalue weighted by Gasteiger charge is 2.37. The van der Waals surface area contributed by atoms with E-state index in [-0.39, 0.29) is 36.4 Å². The van der Waals surface area contributed by atoms with Gasteiger partial charge in [-0.15, -0.1) is 0 Å². The smallest absolute Gasteiger partial charge is 0.337 e. The van der Waals surface area contributed by atoms with Crippen LogP contribution in [0, 0.1) is 5.92 Å². The first-order chi connectivity index (χ1) is 12.0. The van der Waals surface area contributed by atoms with Gasteiger partial charge in [-0.3, -0.25) is 9.59 Å². The number of aliphatic hydroxyl groups excluding tert-OH is 1. The Labute approximate surface area is 150 Å². The summed E-state index contributed by atoms with van der Waals surface area (Å²) in [7, 11) is 1.22. The number of carbonyl (C=O) groups is 3. The lowest BCUT2D eigenvalue weighted by Gasteiger charge is -2.21. The van der Waals surface area contributed by atoms with Gasteiger partial charge < -0.3 is 9.84 Å². The van der Waals surface area contributed by atoms with Crippen LogP contribution in [0.3, 0.4) is 0 Å². The molecule has 0 aromatic heterocycles. The minimum Gasteiger partial charge on any atom is -0.511 e. The van der Waals surface area contributed by atoms with Crippen LogP contribution in [0.2, 0.25) is 0 Å². The molecule has 1 aliphatic carbocycles. The van der Waals surface area contributed by atoms with Gasteiger partial charge in [-0.25, -0.2) is 4.79 Å². The van der Waals surface area contributed by atoms with Gasteiger partial charge in [-0.2, -0.15) is 0 Å². The summed E-state index contributed by atoms with van der Waals surface area (Å²) < 4.78 is 4.60. The molecule has 0 fully saturated rings. The summed E-state index contributed by atoms with van der Waals surface area (Å²) in [5.74, 6) is -2.82. The first-order valence-corrected chi connectivity index (χ1v) is 9.58. The number of ketones is 2. The fraction of sp³-hybridized carbons (Fsp3) is 0.750. The summed E-state index contributed by atoms with van der Waals surface area (Å²) in [4.78, 5) is 35.9. The second-order valence-electron chi connectivity index (χ2n) is 6.80. The molecule has 1 N–H and O–H groups in total. The van der Waals surface area contributed by atoms with E-state index in [4.69, 9.17) is 0 Å². The van der Waals surface area contributed by atoms with Crippen molar-refractivity contribution >= 4 is 17.5 Å². The summed E-state index contributed by atoms with van der Waals surface area (Å²) in [6, 6.07) is 0. The third-order valence-corrected chi connectivity index (χ3v) is 4.81. The topological polar surface area (TPSA) is 80.7 Å². The molecule has 1 aliphatic rings. The summed E-state index contributed by atoms with van der Waals surface area (Å²) in [5, 5.41) is 10.2. The van der Waals surface area contributed by atoms with E-state index < -0.39 is 17.6 Å². The van der Waals surface area contributed by atoms with Gasteiger partial charge in [0, 0.05) is 12.8 Å². The molecular formula is C20H32O5. The molecule has 1 rings (SSSR count). The maximum absolute atomic E-state index is 12.3. The van der Waals surface area contributed by atoms with Crippen LogP contribution >= 0.6 is 0 Å². The number of rotatable bonds is 12. The Balaban J connectivity index is 2.35. The molecule has 0 spiro atoms. The maximum atomic E-state index is 12.3. The molecule has 0 aromatic rings. The highest BCUT2D eigenvalue weighted by molar-refractivity contribution is 6.08. The van der Waals surface area contributed by atoms with Gasteiger partial charge in [-0.1, -0.05) is 58.3 Å². The second-order valence-corrected chi connectivity index (χ2v) is 6.80. The van der Waals surface area contributed by atoms with E-state index in [1.54, 1.807) is 0 Å². The Morgan fingerprint density at radius 3 is 2.12 bits per heavy atom. The van der Waals surface area contributed by atoms with E-state index >= 15 is 0 Å². The van der Waals surface area contributed by atoms with Gasteiger partial charge in [0.2, 0.25) is 0 Å². The van der Waals surface area contributed by atoms with Crippen molar-refractivity contribution in [1.29, 1.82) is 0 Å². The molecule has 0 heterocycles.